The van der Waals surface area contributed by atoms with E-state index in [-0.39, 0.29) is 0 Å². The van der Waals surface area contributed by atoms with Crippen molar-refractivity contribution in [2.45, 2.75) is 84.5 Å². The number of hydrogen-bond donors (Lipinski definition) is 3. The zero-order valence-corrected chi connectivity index (χ0v) is 13.5. The standard InChI is InChI=1S/C16H35N3O/c1-3-5-7-9-12-15(11-8-6-4-2)13-10-14-18-19-16(17)20/h15,18H,3-14H2,1-2H3,(H3,17,19,20). The molecule has 120 valence electrons. The number of unbranched alkanes of at least 4 members (excludes halogenated alkanes) is 5. The van der Waals surface area contributed by atoms with E-state index in [0.717, 1.165) is 18.9 Å². The summed E-state index contributed by atoms with van der Waals surface area (Å²) < 4.78 is 0. The van der Waals surface area contributed by atoms with Crippen molar-refractivity contribution in [1.29, 1.82) is 0 Å². The largest absolute Gasteiger partial charge is 0.351 e. The Hall–Kier alpha value is -0.770. The molecule has 0 aromatic rings. The maximum atomic E-state index is 10.5. The molecule has 0 spiro atoms. The Labute approximate surface area is 125 Å². The molecule has 0 heterocycles. The van der Waals surface area contributed by atoms with Gasteiger partial charge in [-0.3, -0.25) is 5.43 Å². The highest BCUT2D eigenvalue weighted by atomic mass is 16.2. The summed E-state index contributed by atoms with van der Waals surface area (Å²) in [5, 5.41) is 0. The first-order valence-corrected chi connectivity index (χ1v) is 8.49. The molecule has 2 amide bonds. The first kappa shape index (κ1) is 19.2. The summed E-state index contributed by atoms with van der Waals surface area (Å²) in [7, 11) is 0. The third kappa shape index (κ3) is 13.7. The molecular weight excluding hydrogens is 250 g/mol. The molecule has 0 aliphatic rings. The third-order valence-electron chi connectivity index (χ3n) is 3.81. The van der Waals surface area contributed by atoms with Crippen molar-refractivity contribution >= 4 is 6.03 Å². The fraction of sp³-hybridized carbons (Fsp3) is 0.938. The highest BCUT2D eigenvalue weighted by Gasteiger charge is 2.08. The second-order valence-electron chi connectivity index (χ2n) is 5.77. The number of urea groups is 1. The molecule has 0 saturated heterocycles. The average molecular weight is 285 g/mol. The molecule has 4 nitrogen and oxygen atoms in total. The topological polar surface area (TPSA) is 67.2 Å². The molecule has 0 aromatic heterocycles. The minimum atomic E-state index is -0.510. The Morgan fingerprint density at radius 1 is 0.900 bits per heavy atom. The molecule has 1 atom stereocenters. The summed E-state index contributed by atoms with van der Waals surface area (Å²) in [6.45, 7) is 5.33. The van der Waals surface area contributed by atoms with Crippen molar-refractivity contribution < 1.29 is 4.79 Å². The molecule has 0 aliphatic heterocycles. The fourth-order valence-corrected chi connectivity index (χ4v) is 2.60. The van der Waals surface area contributed by atoms with Gasteiger partial charge in [0.2, 0.25) is 0 Å². The number of nitrogens with two attached hydrogens (primary N) is 1. The maximum absolute atomic E-state index is 10.5. The molecule has 20 heavy (non-hydrogen) atoms. The van der Waals surface area contributed by atoms with E-state index in [4.69, 9.17) is 5.73 Å². The zero-order chi connectivity index (χ0) is 15.1. The van der Waals surface area contributed by atoms with Gasteiger partial charge in [0.25, 0.3) is 0 Å². The number of nitrogens with one attached hydrogen (secondary N) is 2. The molecule has 0 rings (SSSR count). The second-order valence-corrected chi connectivity index (χ2v) is 5.77. The van der Waals surface area contributed by atoms with Crippen LogP contribution in [0.25, 0.3) is 0 Å². The molecule has 0 bridgehead atoms. The lowest BCUT2D eigenvalue weighted by Gasteiger charge is -2.17. The Bertz CT molecular complexity index is 222. The Morgan fingerprint density at radius 3 is 2.05 bits per heavy atom. The quantitative estimate of drug-likeness (QED) is 0.332. The van der Waals surface area contributed by atoms with Crippen molar-refractivity contribution in [3.63, 3.8) is 0 Å². The molecule has 0 aromatic carbocycles. The number of rotatable bonds is 14. The number of carbonyl (C=O) groups excluding carboxylic acids is 1. The first-order valence-electron chi connectivity index (χ1n) is 8.49. The van der Waals surface area contributed by atoms with Crippen LogP contribution in [0.15, 0.2) is 0 Å². The molecule has 0 fully saturated rings. The highest BCUT2D eigenvalue weighted by Crippen LogP contribution is 2.22. The van der Waals surface area contributed by atoms with E-state index in [2.05, 4.69) is 24.7 Å². The maximum Gasteiger partial charge on any atom is 0.326 e. The molecule has 4 N–H and O–H groups in total. The smallest absolute Gasteiger partial charge is 0.326 e. The molecule has 1 unspecified atom stereocenters. The third-order valence-corrected chi connectivity index (χ3v) is 3.81. The Morgan fingerprint density at radius 2 is 1.45 bits per heavy atom. The van der Waals surface area contributed by atoms with Gasteiger partial charge in [-0.15, -0.1) is 0 Å². The minimum absolute atomic E-state index is 0.510. The number of carbonyl (C=O) groups is 1. The van der Waals surface area contributed by atoms with Crippen LogP contribution in [0.1, 0.15) is 84.5 Å². The monoisotopic (exact) mass is 285 g/mol. The highest BCUT2D eigenvalue weighted by molar-refractivity contribution is 5.70. The van der Waals surface area contributed by atoms with Gasteiger partial charge in [-0.05, 0) is 18.8 Å². The summed E-state index contributed by atoms with van der Waals surface area (Å²) >= 11 is 0. The predicted octanol–water partition coefficient (Wildman–Crippen LogP) is 4.11. The van der Waals surface area contributed by atoms with Gasteiger partial charge in [-0.1, -0.05) is 71.6 Å². The normalized spacial score (nSPS) is 12.3. The summed E-state index contributed by atoms with van der Waals surface area (Å²) in [4.78, 5) is 10.5. The lowest BCUT2D eigenvalue weighted by atomic mass is 9.91. The van der Waals surface area contributed by atoms with Gasteiger partial charge < -0.3 is 5.73 Å². The van der Waals surface area contributed by atoms with Crippen LogP contribution in [0.5, 0.6) is 0 Å². The van der Waals surface area contributed by atoms with Crippen molar-refractivity contribution in [3.05, 3.63) is 0 Å². The average Bonchev–Trinajstić information content (AvgIpc) is 2.42. The van der Waals surface area contributed by atoms with Crippen molar-refractivity contribution in [3.8, 4) is 0 Å². The molecule has 0 aliphatic carbocycles. The molecule has 0 radical (unpaired) electrons. The van der Waals surface area contributed by atoms with Crippen LogP contribution in [0.4, 0.5) is 4.79 Å². The number of hydrazine groups is 1. The number of primary amides is 1. The van der Waals surface area contributed by atoms with Crippen molar-refractivity contribution in [1.82, 2.24) is 10.9 Å². The van der Waals surface area contributed by atoms with E-state index in [9.17, 15) is 4.79 Å². The molecular formula is C16H35N3O. The SMILES string of the molecule is CCCCCCC(CCCCC)CCCNNC(N)=O. The van der Waals surface area contributed by atoms with Gasteiger partial charge in [0.05, 0.1) is 0 Å². The lowest BCUT2D eigenvalue weighted by Crippen LogP contribution is -2.41. The number of amides is 2. The molecule has 4 heteroatoms. The summed E-state index contributed by atoms with van der Waals surface area (Å²) in [5.74, 6) is 0.855. The summed E-state index contributed by atoms with van der Waals surface area (Å²) in [5.41, 5.74) is 10.3. The fourth-order valence-electron chi connectivity index (χ4n) is 2.60. The first-order chi connectivity index (χ1) is 9.70. The van der Waals surface area contributed by atoms with E-state index in [1.165, 1.54) is 64.2 Å². The van der Waals surface area contributed by atoms with Crippen LogP contribution in [0.2, 0.25) is 0 Å². The van der Waals surface area contributed by atoms with Gasteiger partial charge in [0, 0.05) is 6.54 Å². The van der Waals surface area contributed by atoms with E-state index in [1.807, 2.05) is 0 Å². The van der Waals surface area contributed by atoms with Gasteiger partial charge >= 0.3 is 6.03 Å². The van der Waals surface area contributed by atoms with Crippen molar-refractivity contribution in [2.24, 2.45) is 11.7 Å². The Kier molecular flexibility index (Phi) is 14.1. The lowest BCUT2D eigenvalue weighted by molar-refractivity contribution is 0.244. The van der Waals surface area contributed by atoms with Crippen LogP contribution in [0.3, 0.4) is 0 Å². The second kappa shape index (κ2) is 14.6. The van der Waals surface area contributed by atoms with Crippen LogP contribution in [-0.2, 0) is 0 Å². The zero-order valence-electron chi connectivity index (χ0n) is 13.5. The van der Waals surface area contributed by atoms with E-state index in [0.29, 0.717) is 0 Å². The summed E-state index contributed by atoms with van der Waals surface area (Å²) in [6.07, 6.45) is 14.5. The van der Waals surface area contributed by atoms with Crippen LogP contribution in [-0.4, -0.2) is 12.6 Å². The van der Waals surface area contributed by atoms with Gasteiger partial charge in [0.1, 0.15) is 0 Å². The molecule has 0 saturated carbocycles. The van der Waals surface area contributed by atoms with Crippen molar-refractivity contribution in [2.75, 3.05) is 6.54 Å². The summed E-state index contributed by atoms with van der Waals surface area (Å²) in [6, 6.07) is -0.510. The predicted molar refractivity (Wildman–Crippen MR) is 86.3 cm³/mol. The van der Waals surface area contributed by atoms with Gasteiger partial charge in [-0.25, -0.2) is 10.2 Å². The van der Waals surface area contributed by atoms with Crippen LogP contribution < -0.4 is 16.6 Å². The van der Waals surface area contributed by atoms with Crippen LogP contribution in [0, 0.1) is 5.92 Å². The van der Waals surface area contributed by atoms with E-state index in [1.54, 1.807) is 0 Å². The number of hydrogen-bond acceptors (Lipinski definition) is 2. The van der Waals surface area contributed by atoms with Gasteiger partial charge in [0.15, 0.2) is 0 Å². The Balaban J connectivity index is 3.70. The van der Waals surface area contributed by atoms with E-state index >= 15 is 0 Å². The van der Waals surface area contributed by atoms with E-state index < -0.39 is 6.03 Å². The van der Waals surface area contributed by atoms with Gasteiger partial charge in [-0.2, -0.15) is 0 Å². The van der Waals surface area contributed by atoms with Crippen LogP contribution >= 0.6 is 0 Å². The minimum Gasteiger partial charge on any atom is -0.351 e.